The van der Waals surface area contributed by atoms with E-state index in [4.69, 9.17) is 27.6 Å². The maximum Gasteiger partial charge on any atom is 0.291 e. The summed E-state index contributed by atoms with van der Waals surface area (Å²) in [6.45, 7) is 0. The first-order valence-corrected chi connectivity index (χ1v) is 8.09. The third kappa shape index (κ3) is 2.55. The molecule has 114 valence electrons. The van der Waals surface area contributed by atoms with Crippen LogP contribution in [-0.4, -0.2) is 14.6 Å². The molecule has 0 bridgehead atoms. The quantitative estimate of drug-likeness (QED) is 0.548. The van der Waals surface area contributed by atoms with Crippen LogP contribution in [-0.2, 0) is 0 Å². The molecule has 5 nitrogen and oxygen atoms in total. The number of furan rings is 1. The van der Waals surface area contributed by atoms with Gasteiger partial charge in [0.1, 0.15) is 10.3 Å². The van der Waals surface area contributed by atoms with Crippen molar-refractivity contribution >= 4 is 45.6 Å². The third-order valence-electron chi connectivity index (χ3n) is 3.17. The van der Waals surface area contributed by atoms with Crippen molar-refractivity contribution in [3.05, 3.63) is 67.3 Å². The highest BCUT2D eigenvalue weighted by atomic mass is 35.5. The van der Waals surface area contributed by atoms with Crippen LogP contribution in [0.1, 0.15) is 5.76 Å². The molecule has 0 aliphatic heterocycles. The van der Waals surface area contributed by atoms with E-state index in [1.807, 2.05) is 0 Å². The summed E-state index contributed by atoms with van der Waals surface area (Å²) >= 11 is 13.3. The molecule has 0 fully saturated rings. The van der Waals surface area contributed by atoms with Crippen molar-refractivity contribution in [3.63, 3.8) is 0 Å². The van der Waals surface area contributed by atoms with Crippen molar-refractivity contribution in [2.24, 2.45) is 0 Å². The monoisotopic (exact) mass is 363 g/mol. The second kappa shape index (κ2) is 5.49. The van der Waals surface area contributed by atoms with Crippen molar-refractivity contribution in [1.29, 1.82) is 0 Å². The first-order chi connectivity index (χ1) is 11.1. The van der Waals surface area contributed by atoms with Gasteiger partial charge in [-0.15, -0.1) is 5.10 Å². The summed E-state index contributed by atoms with van der Waals surface area (Å²) < 4.78 is 6.98. The lowest BCUT2D eigenvalue weighted by molar-refractivity contribution is 0.556. The Bertz CT molecular complexity index is 1120. The van der Waals surface area contributed by atoms with E-state index in [1.165, 1.54) is 15.9 Å². The number of hydrogen-bond donors (Lipinski definition) is 0. The van der Waals surface area contributed by atoms with Crippen molar-refractivity contribution < 1.29 is 4.42 Å². The first kappa shape index (κ1) is 14.4. The Kier molecular flexibility index (Phi) is 3.45. The second-order valence-electron chi connectivity index (χ2n) is 4.69. The standard InChI is InChI=1S/C15H7Cl2N3O2S/c16-8-3-4-10(11(17)6-8)13-18-15-20(19-13)14(21)12(23-15)7-9-2-1-5-22-9/h1-7H/b12-7+. The van der Waals surface area contributed by atoms with E-state index in [-0.39, 0.29) is 5.56 Å². The maximum absolute atomic E-state index is 12.4. The van der Waals surface area contributed by atoms with E-state index >= 15 is 0 Å². The summed E-state index contributed by atoms with van der Waals surface area (Å²) in [5.74, 6) is 0.993. The lowest BCUT2D eigenvalue weighted by Crippen LogP contribution is -2.23. The summed E-state index contributed by atoms with van der Waals surface area (Å²) in [7, 11) is 0. The SMILES string of the molecule is O=c1/c(=C\c2ccco2)sc2nc(-c3ccc(Cl)cc3Cl)nn12. The van der Waals surface area contributed by atoms with Crippen LogP contribution in [0.3, 0.4) is 0 Å². The van der Waals surface area contributed by atoms with Crippen molar-refractivity contribution in [2.75, 3.05) is 0 Å². The van der Waals surface area contributed by atoms with Gasteiger partial charge in [0.2, 0.25) is 4.96 Å². The number of thiazole rings is 1. The van der Waals surface area contributed by atoms with E-state index < -0.39 is 0 Å². The Balaban J connectivity index is 1.86. The zero-order chi connectivity index (χ0) is 16.0. The summed E-state index contributed by atoms with van der Waals surface area (Å²) in [4.78, 5) is 17.3. The van der Waals surface area contributed by atoms with Gasteiger partial charge < -0.3 is 4.42 Å². The summed E-state index contributed by atoms with van der Waals surface area (Å²) in [5, 5.41) is 5.21. The van der Waals surface area contributed by atoms with E-state index in [0.29, 0.717) is 36.7 Å². The zero-order valence-corrected chi connectivity index (χ0v) is 13.7. The molecule has 3 heterocycles. The molecule has 4 rings (SSSR count). The van der Waals surface area contributed by atoms with Gasteiger partial charge in [-0.2, -0.15) is 9.50 Å². The van der Waals surface area contributed by atoms with Gasteiger partial charge in [-0.05, 0) is 30.3 Å². The van der Waals surface area contributed by atoms with E-state index in [2.05, 4.69) is 10.1 Å². The minimum Gasteiger partial charge on any atom is -0.465 e. The molecule has 0 radical (unpaired) electrons. The highest BCUT2D eigenvalue weighted by Gasteiger charge is 2.14. The van der Waals surface area contributed by atoms with Crippen LogP contribution in [0.15, 0.2) is 45.8 Å². The molecule has 0 aliphatic rings. The number of halogens is 2. The fourth-order valence-electron chi connectivity index (χ4n) is 2.12. The first-order valence-electron chi connectivity index (χ1n) is 6.52. The number of aromatic nitrogens is 3. The van der Waals surface area contributed by atoms with Gasteiger partial charge in [-0.25, -0.2) is 0 Å². The lowest BCUT2D eigenvalue weighted by atomic mass is 10.2. The van der Waals surface area contributed by atoms with Gasteiger partial charge in [-0.3, -0.25) is 4.79 Å². The number of benzene rings is 1. The Hall–Kier alpha value is -2.15. The van der Waals surface area contributed by atoms with E-state index in [1.54, 1.807) is 42.7 Å². The zero-order valence-electron chi connectivity index (χ0n) is 11.4. The molecule has 4 aromatic rings. The van der Waals surface area contributed by atoms with E-state index in [9.17, 15) is 4.79 Å². The molecule has 0 saturated carbocycles. The average Bonchev–Trinajstić information content (AvgIpc) is 3.20. The fourth-order valence-corrected chi connectivity index (χ4v) is 3.50. The predicted octanol–water partition coefficient (Wildman–Crippen LogP) is 3.27. The van der Waals surface area contributed by atoms with Gasteiger partial charge >= 0.3 is 0 Å². The fraction of sp³-hybridized carbons (Fsp3) is 0. The van der Waals surface area contributed by atoms with Crippen LogP contribution in [0.5, 0.6) is 0 Å². The van der Waals surface area contributed by atoms with Crippen LogP contribution in [0.25, 0.3) is 22.4 Å². The summed E-state index contributed by atoms with van der Waals surface area (Å²) in [6.07, 6.45) is 3.21. The molecular weight excluding hydrogens is 357 g/mol. The number of nitrogens with zero attached hydrogens (tertiary/aromatic N) is 3. The van der Waals surface area contributed by atoms with Gasteiger partial charge in [-0.1, -0.05) is 34.5 Å². The molecule has 3 aromatic heterocycles. The minimum atomic E-state index is -0.245. The Labute approximate surface area is 143 Å². The second-order valence-corrected chi connectivity index (χ2v) is 6.54. The van der Waals surface area contributed by atoms with Crippen LogP contribution in [0.2, 0.25) is 10.0 Å². The average molecular weight is 364 g/mol. The van der Waals surface area contributed by atoms with Crippen LogP contribution < -0.4 is 10.1 Å². The summed E-state index contributed by atoms with van der Waals surface area (Å²) in [6, 6.07) is 8.57. The Morgan fingerprint density at radius 2 is 2.13 bits per heavy atom. The molecule has 0 atom stereocenters. The number of fused-ring (bicyclic) bond motifs is 1. The topological polar surface area (TPSA) is 60.4 Å². The normalized spacial score (nSPS) is 12.3. The van der Waals surface area contributed by atoms with Gasteiger partial charge in [0, 0.05) is 16.7 Å². The van der Waals surface area contributed by atoms with Gasteiger partial charge in [0.25, 0.3) is 5.56 Å². The minimum absolute atomic E-state index is 0.245. The predicted molar refractivity (Wildman–Crippen MR) is 90.1 cm³/mol. The van der Waals surface area contributed by atoms with Crippen LogP contribution >= 0.6 is 34.5 Å². The van der Waals surface area contributed by atoms with E-state index in [0.717, 1.165) is 0 Å². The Morgan fingerprint density at radius 3 is 2.83 bits per heavy atom. The number of rotatable bonds is 2. The molecule has 0 spiro atoms. The highest BCUT2D eigenvalue weighted by molar-refractivity contribution is 7.15. The largest absolute Gasteiger partial charge is 0.465 e. The molecule has 0 aliphatic carbocycles. The number of hydrogen-bond acceptors (Lipinski definition) is 5. The molecule has 23 heavy (non-hydrogen) atoms. The molecule has 1 aromatic carbocycles. The highest BCUT2D eigenvalue weighted by Crippen LogP contribution is 2.28. The van der Waals surface area contributed by atoms with Gasteiger partial charge in [0.05, 0.1) is 11.3 Å². The van der Waals surface area contributed by atoms with Crippen LogP contribution in [0, 0.1) is 0 Å². The van der Waals surface area contributed by atoms with Gasteiger partial charge in [0.15, 0.2) is 5.82 Å². The van der Waals surface area contributed by atoms with Crippen molar-refractivity contribution in [1.82, 2.24) is 14.6 Å². The lowest BCUT2D eigenvalue weighted by Gasteiger charge is -1.98. The molecule has 0 unspecified atom stereocenters. The summed E-state index contributed by atoms with van der Waals surface area (Å²) in [5.41, 5.74) is 0.383. The molecule has 0 N–H and O–H groups in total. The molecular formula is C15H7Cl2N3O2S. The Morgan fingerprint density at radius 1 is 1.26 bits per heavy atom. The third-order valence-corrected chi connectivity index (χ3v) is 4.68. The van der Waals surface area contributed by atoms with Crippen LogP contribution in [0.4, 0.5) is 0 Å². The molecule has 0 amide bonds. The van der Waals surface area contributed by atoms with Crippen molar-refractivity contribution in [3.8, 4) is 11.4 Å². The maximum atomic E-state index is 12.4. The smallest absolute Gasteiger partial charge is 0.291 e. The van der Waals surface area contributed by atoms with Crippen molar-refractivity contribution in [2.45, 2.75) is 0 Å². The molecule has 0 saturated heterocycles. The molecule has 8 heteroatoms.